The zero-order valence-corrected chi connectivity index (χ0v) is 13.0. The van der Waals surface area contributed by atoms with Gasteiger partial charge in [-0.1, -0.05) is 18.2 Å². The molecule has 6 nitrogen and oxygen atoms in total. The molecule has 120 valence electrons. The molecule has 0 spiro atoms. The van der Waals surface area contributed by atoms with Gasteiger partial charge in [0.2, 0.25) is 0 Å². The summed E-state index contributed by atoms with van der Waals surface area (Å²) in [5, 5.41) is 13.8. The number of hydrogen-bond acceptors (Lipinski definition) is 4. The fraction of sp³-hybridized carbons (Fsp3) is 0. The monoisotopic (exact) mass is 328 g/mol. The molecule has 0 radical (unpaired) electrons. The average molecular weight is 328 g/mol. The summed E-state index contributed by atoms with van der Waals surface area (Å²) in [5.74, 6) is 0.00423. The number of aromatic hydroxyl groups is 1. The maximum absolute atomic E-state index is 13.3. The molecule has 1 N–H and O–H groups in total. The fourth-order valence-corrected chi connectivity index (χ4v) is 3.28. The Labute approximate surface area is 142 Å². The van der Waals surface area contributed by atoms with Crippen molar-refractivity contribution >= 4 is 22.8 Å². The lowest BCUT2D eigenvalue weighted by atomic mass is 10.0. The van der Waals surface area contributed by atoms with Gasteiger partial charge in [-0.25, -0.2) is 9.50 Å². The van der Waals surface area contributed by atoms with Crippen molar-refractivity contribution < 1.29 is 9.90 Å². The number of phenolic OH excluding ortho intramolecular Hbond substituents is 1. The number of aromatic nitrogens is 3. The van der Waals surface area contributed by atoms with E-state index in [0.29, 0.717) is 16.9 Å². The van der Waals surface area contributed by atoms with E-state index in [2.05, 4.69) is 10.1 Å². The first-order valence-electron chi connectivity index (χ1n) is 7.79. The number of amides is 1. The lowest BCUT2D eigenvalue weighted by Gasteiger charge is -2.21. The van der Waals surface area contributed by atoms with Gasteiger partial charge in [-0.15, -0.1) is 0 Å². The number of rotatable bonds is 1. The number of anilines is 2. The van der Waals surface area contributed by atoms with Crippen LogP contribution in [-0.2, 0) is 0 Å². The van der Waals surface area contributed by atoms with Gasteiger partial charge in [0.1, 0.15) is 23.3 Å². The van der Waals surface area contributed by atoms with Gasteiger partial charge in [0.05, 0.1) is 5.69 Å². The van der Waals surface area contributed by atoms with Gasteiger partial charge >= 0.3 is 0 Å². The third-order valence-corrected chi connectivity index (χ3v) is 4.40. The molecule has 0 atom stereocenters. The summed E-state index contributed by atoms with van der Waals surface area (Å²) >= 11 is 0. The third kappa shape index (κ3) is 1.88. The Hall–Kier alpha value is -3.67. The topological polar surface area (TPSA) is 70.7 Å². The Kier molecular flexibility index (Phi) is 2.70. The normalized spacial score (nSPS) is 13.0. The van der Waals surface area contributed by atoms with E-state index < -0.39 is 0 Å². The van der Waals surface area contributed by atoms with Crippen molar-refractivity contribution in [3.05, 3.63) is 72.7 Å². The smallest absolute Gasteiger partial charge is 0.263 e. The van der Waals surface area contributed by atoms with Gasteiger partial charge in [-0.3, -0.25) is 9.69 Å². The first kappa shape index (κ1) is 13.7. The summed E-state index contributed by atoms with van der Waals surface area (Å²) in [4.78, 5) is 19.4. The quantitative estimate of drug-likeness (QED) is 0.581. The Bertz CT molecular complexity index is 1130. The van der Waals surface area contributed by atoms with Crippen LogP contribution in [0.15, 0.2) is 67.1 Å². The molecule has 6 heteroatoms. The maximum Gasteiger partial charge on any atom is 0.263 e. The molecule has 1 aliphatic heterocycles. The molecular weight excluding hydrogens is 316 g/mol. The second-order valence-corrected chi connectivity index (χ2v) is 5.81. The number of benzene rings is 2. The van der Waals surface area contributed by atoms with Crippen LogP contribution in [0.4, 0.5) is 11.4 Å². The van der Waals surface area contributed by atoms with Crippen molar-refractivity contribution in [3.63, 3.8) is 0 Å². The van der Waals surface area contributed by atoms with Crippen LogP contribution in [0.5, 0.6) is 5.75 Å². The first-order chi connectivity index (χ1) is 12.2. The third-order valence-electron chi connectivity index (χ3n) is 4.40. The minimum absolute atomic E-state index is 0.146. The summed E-state index contributed by atoms with van der Waals surface area (Å²) in [6.07, 6.45) is 3.30. The second kappa shape index (κ2) is 4.91. The summed E-state index contributed by atoms with van der Waals surface area (Å²) in [7, 11) is 0. The van der Waals surface area contributed by atoms with Crippen molar-refractivity contribution in [1.82, 2.24) is 14.6 Å². The highest BCUT2D eigenvalue weighted by Crippen LogP contribution is 2.40. The largest absolute Gasteiger partial charge is 0.508 e. The molecule has 1 amide bonds. The van der Waals surface area contributed by atoms with Gasteiger partial charge in [0.25, 0.3) is 5.91 Å². The molecule has 0 unspecified atom stereocenters. The molecule has 0 bridgehead atoms. The zero-order valence-electron chi connectivity index (χ0n) is 13.0. The Balaban J connectivity index is 1.89. The van der Waals surface area contributed by atoms with Gasteiger partial charge in [-0.2, -0.15) is 5.10 Å². The molecule has 1 aliphatic rings. The standard InChI is InChI=1S/C19H12N4O2/c24-13-7-5-12(6-8-13)23-16-9-10-22-18(16)17(20-11-21-22)14-3-1-2-4-15(14)19(23)25/h1-11,24H. The first-order valence-corrected chi connectivity index (χ1v) is 7.79. The highest BCUT2D eigenvalue weighted by atomic mass is 16.3. The molecule has 5 rings (SSSR count). The van der Waals surface area contributed by atoms with Gasteiger partial charge < -0.3 is 5.11 Å². The number of nitrogens with zero attached hydrogens (tertiary/aromatic N) is 4. The van der Waals surface area contributed by atoms with Crippen LogP contribution in [0.25, 0.3) is 16.8 Å². The molecular formula is C19H12N4O2. The molecule has 0 fully saturated rings. The van der Waals surface area contributed by atoms with E-state index in [0.717, 1.165) is 16.8 Å². The highest BCUT2D eigenvalue weighted by molar-refractivity contribution is 6.19. The number of carbonyl (C=O) groups excluding carboxylic acids is 1. The van der Waals surface area contributed by atoms with Gasteiger partial charge in [0.15, 0.2) is 0 Å². The van der Waals surface area contributed by atoms with Crippen molar-refractivity contribution in [2.24, 2.45) is 0 Å². The maximum atomic E-state index is 13.3. The van der Waals surface area contributed by atoms with Crippen LogP contribution in [0.3, 0.4) is 0 Å². The van der Waals surface area contributed by atoms with Crippen LogP contribution in [0.1, 0.15) is 10.4 Å². The van der Waals surface area contributed by atoms with Gasteiger partial charge in [-0.05, 0) is 36.4 Å². The lowest BCUT2D eigenvalue weighted by Crippen LogP contribution is -2.25. The van der Waals surface area contributed by atoms with Crippen LogP contribution in [0.2, 0.25) is 0 Å². The fourth-order valence-electron chi connectivity index (χ4n) is 3.28. The van der Waals surface area contributed by atoms with E-state index in [4.69, 9.17) is 0 Å². The molecule has 2 aromatic carbocycles. The molecule has 2 aromatic heterocycles. The summed E-state index contributed by atoms with van der Waals surface area (Å²) < 4.78 is 1.72. The van der Waals surface area contributed by atoms with Crippen molar-refractivity contribution in [2.75, 3.05) is 4.90 Å². The number of phenols is 1. The van der Waals surface area contributed by atoms with Crippen LogP contribution in [0, 0.1) is 0 Å². The molecule has 4 aromatic rings. The molecule has 0 aliphatic carbocycles. The summed E-state index contributed by atoms with van der Waals surface area (Å²) in [6, 6.07) is 15.8. The second-order valence-electron chi connectivity index (χ2n) is 5.81. The zero-order chi connectivity index (χ0) is 17.0. The number of fused-ring (bicyclic) bond motifs is 2. The van der Waals surface area contributed by atoms with Crippen molar-refractivity contribution in [2.45, 2.75) is 0 Å². The van der Waals surface area contributed by atoms with Crippen LogP contribution in [-0.4, -0.2) is 25.6 Å². The Morgan fingerprint density at radius 1 is 0.920 bits per heavy atom. The van der Waals surface area contributed by atoms with Crippen LogP contribution >= 0.6 is 0 Å². The van der Waals surface area contributed by atoms with E-state index >= 15 is 0 Å². The molecule has 3 heterocycles. The average Bonchev–Trinajstić information content (AvgIpc) is 3.03. The minimum Gasteiger partial charge on any atom is -0.508 e. The van der Waals surface area contributed by atoms with E-state index in [9.17, 15) is 9.90 Å². The molecule has 0 saturated carbocycles. The van der Waals surface area contributed by atoms with E-state index in [-0.39, 0.29) is 11.7 Å². The van der Waals surface area contributed by atoms with Crippen molar-refractivity contribution in [1.29, 1.82) is 0 Å². The summed E-state index contributed by atoms with van der Waals surface area (Å²) in [6.45, 7) is 0. The van der Waals surface area contributed by atoms with E-state index in [1.807, 2.05) is 30.5 Å². The molecule has 25 heavy (non-hydrogen) atoms. The number of hydrogen-bond donors (Lipinski definition) is 1. The number of carbonyl (C=O) groups is 1. The predicted octanol–water partition coefficient (Wildman–Crippen LogP) is 3.39. The Morgan fingerprint density at radius 3 is 2.48 bits per heavy atom. The van der Waals surface area contributed by atoms with Crippen molar-refractivity contribution in [3.8, 4) is 17.0 Å². The highest BCUT2D eigenvalue weighted by Gasteiger charge is 2.30. The van der Waals surface area contributed by atoms with E-state index in [1.54, 1.807) is 39.7 Å². The predicted molar refractivity (Wildman–Crippen MR) is 93.0 cm³/mol. The lowest BCUT2D eigenvalue weighted by molar-refractivity contribution is 0.100. The van der Waals surface area contributed by atoms with E-state index in [1.165, 1.54) is 6.33 Å². The Morgan fingerprint density at radius 2 is 1.68 bits per heavy atom. The summed E-state index contributed by atoms with van der Waals surface area (Å²) in [5.41, 5.74) is 4.23. The molecule has 0 saturated heterocycles. The minimum atomic E-state index is -0.146. The SMILES string of the molecule is O=C1c2ccccc2-c2ncnn3ccc(c23)N1c1ccc(O)cc1. The van der Waals surface area contributed by atoms with Crippen LogP contribution < -0.4 is 4.90 Å². The van der Waals surface area contributed by atoms with Gasteiger partial charge in [0, 0.05) is 23.0 Å².